The second-order valence-corrected chi connectivity index (χ2v) is 7.58. The number of carbonyl (C=O) groups is 1. The number of thioether (sulfide) groups is 1. The Bertz CT molecular complexity index is 834. The van der Waals surface area contributed by atoms with Gasteiger partial charge in [-0.3, -0.25) is 9.36 Å². The van der Waals surface area contributed by atoms with E-state index in [1.165, 1.54) is 18.9 Å². The molecule has 0 aliphatic heterocycles. The fraction of sp³-hybridized carbons (Fsp3) is 0.471. The second-order valence-electron chi connectivity index (χ2n) is 5.87. The number of carbonyl (C=O) groups excluding carboxylic acids is 1. The molecule has 0 aliphatic carbocycles. The van der Waals surface area contributed by atoms with Gasteiger partial charge in [0.15, 0.2) is 5.16 Å². The Morgan fingerprint density at radius 1 is 1.50 bits per heavy atom. The first-order chi connectivity index (χ1) is 12.4. The Kier molecular flexibility index (Phi) is 7.16. The summed E-state index contributed by atoms with van der Waals surface area (Å²) in [5.74, 6) is 0.276. The van der Waals surface area contributed by atoms with Gasteiger partial charge in [-0.05, 0) is 31.9 Å². The summed E-state index contributed by atoms with van der Waals surface area (Å²) in [6.07, 6.45) is 1.84. The van der Waals surface area contributed by atoms with E-state index in [1.807, 2.05) is 6.92 Å². The van der Waals surface area contributed by atoms with E-state index in [1.54, 1.807) is 23.6 Å². The van der Waals surface area contributed by atoms with Crippen molar-refractivity contribution >= 4 is 35.0 Å². The zero-order chi connectivity index (χ0) is 19.3. The van der Waals surface area contributed by atoms with Crippen LogP contribution in [0.1, 0.15) is 32.3 Å². The number of methoxy groups -OCH3 is 1. The van der Waals surface area contributed by atoms with Gasteiger partial charge in [-0.2, -0.15) is 0 Å². The first kappa shape index (κ1) is 20.4. The number of nitrogens with zero attached hydrogens (tertiary/aromatic N) is 2. The average molecular weight is 399 g/mol. The first-order valence-corrected chi connectivity index (χ1v) is 9.60. The summed E-state index contributed by atoms with van der Waals surface area (Å²) in [6, 6.07) is 3.43. The summed E-state index contributed by atoms with van der Waals surface area (Å²) in [5, 5.41) is 9.94. The summed E-state index contributed by atoms with van der Waals surface area (Å²) >= 11 is 7.32. The Labute approximate surface area is 161 Å². The maximum Gasteiger partial charge on any atom is 0.343 e. The average Bonchev–Trinajstić information content (AvgIpc) is 2.95. The van der Waals surface area contributed by atoms with Gasteiger partial charge in [-0.15, -0.1) is 5.10 Å². The van der Waals surface area contributed by atoms with E-state index >= 15 is 0 Å². The van der Waals surface area contributed by atoms with Gasteiger partial charge in [0.25, 0.3) is 0 Å². The molecule has 2 rings (SSSR count). The molecule has 0 radical (unpaired) electrons. The highest BCUT2D eigenvalue weighted by molar-refractivity contribution is 8.00. The Balaban J connectivity index is 2.12. The molecule has 7 nitrogen and oxygen atoms in total. The van der Waals surface area contributed by atoms with Gasteiger partial charge in [0.1, 0.15) is 5.75 Å². The van der Waals surface area contributed by atoms with Crippen molar-refractivity contribution in [2.75, 3.05) is 12.4 Å². The van der Waals surface area contributed by atoms with E-state index in [-0.39, 0.29) is 11.6 Å². The van der Waals surface area contributed by atoms with Crippen molar-refractivity contribution < 1.29 is 9.53 Å². The monoisotopic (exact) mass is 398 g/mol. The van der Waals surface area contributed by atoms with Crippen molar-refractivity contribution in [1.29, 1.82) is 0 Å². The van der Waals surface area contributed by atoms with E-state index in [9.17, 15) is 9.59 Å². The van der Waals surface area contributed by atoms with E-state index in [4.69, 9.17) is 16.3 Å². The molecule has 0 aliphatic rings. The number of nitrogens with one attached hydrogen (secondary N) is 2. The van der Waals surface area contributed by atoms with Gasteiger partial charge in [0.05, 0.1) is 18.0 Å². The maximum atomic E-state index is 12.6. The molecule has 1 aromatic carbocycles. The zero-order valence-electron chi connectivity index (χ0n) is 15.3. The largest absolute Gasteiger partial charge is 0.495 e. The number of benzene rings is 1. The van der Waals surface area contributed by atoms with E-state index < -0.39 is 5.25 Å². The van der Waals surface area contributed by atoms with Crippen LogP contribution in [0.5, 0.6) is 5.75 Å². The van der Waals surface area contributed by atoms with Crippen LogP contribution in [0.15, 0.2) is 22.1 Å². The molecule has 26 heavy (non-hydrogen) atoms. The number of aromatic nitrogens is 3. The van der Waals surface area contributed by atoms with E-state index in [2.05, 4.69) is 22.4 Å². The molecular weight excluding hydrogens is 376 g/mol. The minimum atomic E-state index is -0.453. The summed E-state index contributed by atoms with van der Waals surface area (Å²) in [7, 11) is 1.52. The first-order valence-electron chi connectivity index (χ1n) is 8.34. The van der Waals surface area contributed by atoms with Gasteiger partial charge in [-0.25, -0.2) is 9.89 Å². The molecule has 1 amide bonds. The van der Waals surface area contributed by atoms with E-state index in [0.29, 0.717) is 28.2 Å². The van der Waals surface area contributed by atoms with Crippen LogP contribution in [0.4, 0.5) is 5.69 Å². The van der Waals surface area contributed by atoms with Crippen molar-refractivity contribution in [2.24, 2.45) is 0 Å². The lowest BCUT2D eigenvalue weighted by molar-refractivity contribution is -0.115. The Morgan fingerprint density at radius 2 is 2.23 bits per heavy atom. The number of hydrogen-bond acceptors (Lipinski definition) is 5. The number of hydrogen-bond donors (Lipinski definition) is 2. The molecule has 1 heterocycles. The minimum Gasteiger partial charge on any atom is -0.495 e. The van der Waals surface area contributed by atoms with Crippen molar-refractivity contribution in [3.05, 3.63) is 33.2 Å². The SMILES string of the molecule is CCCCn1c(S[C@@H](C)C(=O)Nc2cc(C)c(Cl)cc2OC)n[nH]c1=O. The lowest BCUT2D eigenvalue weighted by Gasteiger charge is -2.15. The van der Waals surface area contributed by atoms with Crippen LogP contribution in [0.3, 0.4) is 0 Å². The number of halogens is 1. The fourth-order valence-electron chi connectivity index (χ4n) is 2.28. The third kappa shape index (κ3) is 4.82. The molecule has 0 unspecified atom stereocenters. The smallest absolute Gasteiger partial charge is 0.343 e. The van der Waals surface area contributed by atoms with Crippen LogP contribution in [-0.2, 0) is 11.3 Å². The van der Waals surface area contributed by atoms with Gasteiger partial charge in [-0.1, -0.05) is 36.7 Å². The number of aromatic amines is 1. The number of ether oxygens (including phenoxy) is 1. The summed E-state index contributed by atoms with van der Waals surface area (Å²) in [6.45, 7) is 6.24. The third-order valence-electron chi connectivity index (χ3n) is 3.85. The molecule has 142 valence electrons. The number of aryl methyl sites for hydroxylation is 1. The van der Waals surface area contributed by atoms with Gasteiger partial charge >= 0.3 is 5.69 Å². The summed E-state index contributed by atoms with van der Waals surface area (Å²) < 4.78 is 6.84. The molecule has 2 aromatic rings. The summed E-state index contributed by atoms with van der Waals surface area (Å²) in [4.78, 5) is 24.4. The summed E-state index contributed by atoms with van der Waals surface area (Å²) in [5.41, 5.74) is 1.13. The van der Waals surface area contributed by atoms with Crippen LogP contribution < -0.4 is 15.7 Å². The van der Waals surface area contributed by atoms with Crippen molar-refractivity contribution in [1.82, 2.24) is 14.8 Å². The predicted octanol–water partition coefficient (Wildman–Crippen LogP) is 3.46. The second kappa shape index (κ2) is 9.14. The highest BCUT2D eigenvalue weighted by Crippen LogP contribution is 2.31. The zero-order valence-corrected chi connectivity index (χ0v) is 16.8. The number of amides is 1. The molecule has 9 heteroatoms. The van der Waals surface area contributed by atoms with Gasteiger partial charge < -0.3 is 10.1 Å². The van der Waals surface area contributed by atoms with Crippen molar-refractivity contribution in [2.45, 2.75) is 50.6 Å². The van der Waals surface area contributed by atoms with Crippen LogP contribution in [-0.4, -0.2) is 33.0 Å². The van der Waals surface area contributed by atoms with Crippen molar-refractivity contribution in [3.63, 3.8) is 0 Å². The highest BCUT2D eigenvalue weighted by atomic mass is 35.5. The topological polar surface area (TPSA) is 89.0 Å². The maximum absolute atomic E-state index is 12.6. The fourth-order valence-corrected chi connectivity index (χ4v) is 3.32. The third-order valence-corrected chi connectivity index (χ3v) is 5.35. The standard InChI is InChI=1S/C17H23ClN4O3S/c1-5-6-7-22-16(24)20-21-17(22)26-11(3)15(23)19-13-8-10(2)12(18)9-14(13)25-4/h8-9,11H,5-7H2,1-4H3,(H,19,23)(H,20,24)/t11-/m0/s1. The molecular formula is C17H23ClN4O3S. The molecule has 0 saturated heterocycles. The van der Waals surface area contributed by atoms with Crippen LogP contribution in [0.2, 0.25) is 5.02 Å². The molecule has 0 saturated carbocycles. The molecule has 2 N–H and O–H groups in total. The van der Waals surface area contributed by atoms with Crippen LogP contribution in [0, 0.1) is 6.92 Å². The molecule has 0 fully saturated rings. The number of rotatable bonds is 8. The number of unbranched alkanes of at least 4 members (excludes halogenated alkanes) is 1. The van der Waals surface area contributed by atoms with Gasteiger partial charge in [0, 0.05) is 17.6 Å². The number of H-pyrrole nitrogens is 1. The highest BCUT2D eigenvalue weighted by Gasteiger charge is 2.20. The molecule has 1 aromatic heterocycles. The Morgan fingerprint density at radius 3 is 2.88 bits per heavy atom. The predicted molar refractivity (Wildman–Crippen MR) is 104 cm³/mol. The normalized spacial score (nSPS) is 12.0. The van der Waals surface area contributed by atoms with Crippen molar-refractivity contribution in [3.8, 4) is 5.75 Å². The number of anilines is 1. The lowest BCUT2D eigenvalue weighted by atomic mass is 10.2. The van der Waals surface area contributed by atoms with Gasteiger partial charge in [0.2, 0.25) is 5.91 Å². The van der Waals surface area contributed by atoms with E-state index in [0.717, 1.165) is 18.4 Å². The van der Waals surface area contributed by atoms with Crippen LogP contribution >= 0.6 is 23.4 Å². The van der Waals surface area contributed by atoms with Crippen LogP contribution in [0.25, 0.3) is 0 Å². The molecule has 0 bridgehead atoms. The molecule has 0 spiro atoms. The Hall–Kier alpha value is -1.93. The quantitative estimate of drug-likeness (QED) is 0.664. The lowest BCUT2D eigenvalue weighted by Crippen LogP contribution is -2.24. The molecule has 1 atom stereocenters. The minimum absolute atomic E-state index is 0.215.